The normalized spacial score (nSPS) is 11.6. The van der Waals surface area contributed by atoms with Gasteiger partial charge in [0, 0.05) is 23.9 Å². The zero-order chi connectivity index (χ0) is 18.6. The summed E-state index contributed by atoms with van der Waals surface area (Å²) in [7, 11) is -3.41. The van der Waals surface area contributed by atoms with E-state index in [-0.39, 0.29) is 18.1 Å². The van der Waals surface area contributed by atoms with Crippen molar-refractivity contribution in [2.75, 3.05) is 6.54 Å². The van der Waals surface area contributed by atoms with Crippen molar-refractivity contribution >= 4 is 21.4 Å². The lowest BCUT2D eigenvalue weighted by Gasteiger charge is -2.08. The Kier molecular flexibility index (Phi) is 5.80. The maximum Gasteiger partial charge on any atom is 0.215 e. The number of aromatic nitrogens is 1. The van der Waals surface area contributed by atoms with Crippen LogP contribution in [0.3, 0.4) is 0 Å². The van der Waals surface area contributed by atoms with Crippen molar-refractivity contribution in [3.05, 3.63) is 76.5 Å². The average Bonchev–Trinajstić information content (AvgIpc) is 3.06. The highest BCUT2D eigenvalue weighted by Crippen LogP contribution is 2.26. The van der Waals surface area contributed by atoms with Gasteiger partial charge in [-0.2, -0.15) is 0 Å². The van der Waals surface area contributed by atoms with Crippen molar-refractivity contribution in [3.8, 4) is 10.6 Å². The molecule has 0 radical (unpaired) electrons. The third-order valence-corrected chi connectivity index (χ3v) is 6.23. The van der Waals surface area contributed by atoms with E-state index in [1.165, 1.54) is 17.4 Å². The third kappa shape index (κ3) is 4.75. The molecule has 0 saturated heterocycles. The first-order chi connectivity index (χ1) is 12.4. The van der Waals surface area contributed by atoms with Crippen LogP contribution < -0.4 is 4.72 Å². The van der Waals surface area contributed by atoms with E-state index in [0.717, 1.165) is 16.8 Å². The van der Waals surface area contributed by atoms with Gasteiger partial charge in [-0.1, -0.05) is 36.4 Å². The molecule has 1 N–H and O–H groups in total. The second-order valence-electron chi connectivity index (χ2n) is 5.95. The molecule has 1 heterocycles. The van der Waals surface area contributed by atoms with Crippen LogP contribution in [0.15, 0.2) is 53.9 Å². The Bertz CT molecular complexity index is 1000. The zero-order valence-corrected chi connectivity index (χ0v) is 15.9. The molecule has 0 fully saturated rings. The summed E-state index contributed by atoms with van der Waals surface area (Å²) >= 11 is 1.35. The second-order valence-corrected chi connectivity index (χ2v) is 8.62. The molecule has 3 rings (SSSR count). The van der Waals surface area contributed by atoms with Crippen molar-refractivity contribution in [1.82, 2.24) is 9.71 Å². The molecule has 26 heavy (non-hydrogen) atoms. The lowest BCUT2D eigenvalue weighted by atomic mass is 10.1. The van der Waals surface area contributed by atoms with Crippen molar-refractivity contribution in [2.45, 2.75) is 19.1 Å². The summed E-state index contributed by atoms with van der Waals surface area (Å²) in [6.45, 7) is 2.15. The van der Waals surface area contributed by atoms with Crippen LogP contribution >= 0.6 is 11.3 Å². The molecule has 0 aliphatic heterocycles. The molecule has 0 spiro atoms. The van der Waals surface area contributed by atoms with Crippen LogP contribution in [-0.2, 0) is 22.2 Å². The molecular weight excluding hydrogens is 371 g/mol. The third-order valence-electron chi connectivity index (χ3n) is 3.97. The fraction of sp³-hybridized carbons (Fsp3) is 0.211. The molecule has 0 saturated carbocycles. The number of aryl methyl sites for hydroxylation is 1. The summed E-state index contributed by atoms with van der Waals surface area (Å²) in [5.41, 5.74) is 2.94. The van der Waals surface area contributed by atoms with E-state index in [2.05, 4.69) is 9.71 Å². The standard InChI is InChI=1S/C19H19FN2O2S2/c1-14-6-2-3-7-15(14)13-26(23,24)21-11-10-16-12-25-19(22-16)17-8-4-5-9-18(17)20/h2-9,12,21H,10-11,13H2,1H3. The Hall–Kier alpha value is -2.09. The van der Waals surface area contributed by atoms with Gasteiger partial charge in [-0.15, -0.1) is 11.3 Å². The van der Waals surface area contributed by atoms with Gasteiger partial charge >= 0.3 is 0 Å². The molecule has 4 nitrogen and oxygen atoms in total. The number of hydrogen-bond donors (Lipinski definition) is 1. The van der Waals surface area contributed by atoms with E-state index in [1.807, 2.05) is 36.6 Å². The summed E-state index contributed by atoms with van der Waals surface area (Å²) < 4.78 is 40.9. The summed E-state index contributed by atoms with van der Waals surface area (Å²) in [4.78, 5) is 4.40. The molecular formula is C19H19FN2O2S2. The molecule has 0 aliphatic carbocycles. The molecule has 0 bridgehead atoms. The highest BCUT2D eigenvalue weighted by atomic mass is 32.2. The van der Waals surface area contributed by atoms with Gasteiger partial charge < -0.3 is 0 Å². The first-order valence-corrected chi connectivity index (χ1v) is 10.7. The molecule has 136 valence electrons. The summed E-state index contributed by atoms with van der Waals surface area (Å²) in [6.07, 6.45) is 0.456. The summed E-state index contributed by atoms with van der Waals surface area (Å²) in [5.74, 6) is -0.357. The fourth-order valence-corrected chi connectivity index (χ4v) is 4.67. The maximum atomic E-state index is 13.8. The van der Waals surface area contributed by atoms with E-state index in [9.17, 15) is 12.8 Å². The largest absolute Gasteiger partial charge is 0.241 e. The summed E-state index contributed by atoms with van der Waals surface area (Å²) in [5, 5.41) is 2.43. The van der Waals surface area contributed by atoms with Gasteiger partial charge in [-0.05, 0) is 30.2 Å². The minimum absolute atomic E-state index is 0.0444. The smallest absolute Gasteiger partial charge is 0.215 e. The molecule has 1 aromatic heterocycles. The highest BCUT2D eigenvalue weighted by Gasteiger charge is 2.13. The predicted molar refractivity (Wildman–Crippen MR) is 103 cm³/mol. The van der Waals surface area contributed by atoms with E-state index in [4.69, 9.17) is 0 Å². The van der Waals surface area contributed by atoms with Crippen LogP contribution in [0.4, 0.5) is 4.39 Å². The number of hydrogen-bond acceptors (Lipinski definition) is 4. The summed E-state index contributed by atoms with van der Waals surface area (Å²) in [6, 6.07) is 13.9. The van der Waals surface area contributed by atoms with Crippen LogP contribution in [0.5, 0.6) is 0 Å². The van der Waals surface area contributed by atoms with E-state index in [0.29, 0.717) is 17.0 Å². The number of nitrogens with one attached hydrogen (secondary N) is 1. The lowest BCUT2D eigenvalue weighted by Crippen LogP contribution is -2.27. The quantitative estimate of drug-likeness (QED) is 0.665. The number of thiazole rings is 1. The van der Waals surface area contributed by atoms with Crippen LogP contribution in [-0.4, -0.2) is 19.9 Å². The fourth-order valence-electron chi connectivity index (χ4n) is 2.54. The SMILES string of the molecule is Cc1ccccc1CS(=O)(=O)NCCc1csc(-c2ccccc2F)n1. The van der Waals surface area contributed by atoms with Crippen LogP contribution in [0, 0.1) is 12.7 Å². The average molecular weight is 391 g/mol. The van der Waals surface area contributed by atoms with Gasteiger partial charge in [0.15, 0.2) is 0 Å². The molecule has 0 unspecified atom stereocenters. The van der Waals surface area contributed by atoms with Gasteiger partial charge in [0.1, 0.15) is 10.8 Å². The van der Waals surface area contributed by atoms with Crippen molar-refractivity contribution in [3.63, 3.8) is 0 Å². The molecule has 0 amide bonds. The molecule has 0 aliphatic rings. The lowest BCUT2D eigenvalue weighted by molar-refractivity contribution is 0.580. The number of benzene rings is 2. The van der Waals surface area contributed by atoms with E-state index in [1.54, 1.807) is 18.2 Å². The monoisotopic (exact) mass is 390 g/mol. The Morgan fingerprint density at radius 2 is 1.85 bits per heavy atom. The van der Waals surface area contributed by atoms with Crippen LogP contribution in [0.25, 0.3) is 10.6 Å². The Morgan fingerprint density at radius 3 is 2.62 bits per heavy atom. The van der Waals surface area contributed by atoms with Gasteiger partial charge in [0.2, 0.25) is 10.0 Å². The van der Waals surface area contributed by atoms with E-state index < -0.39 is 10.0 Å². The van der Waals surface area contributed by atoms with Gasteiger partial charge in [0.25, 0.3) is 0 Å². The number of nitrogens with zero attached hydrogens (tertiary/aromatic N) is 1. The Labute approximate surface area is 156 Å². The Morgan fingerprint density at radius 1 is 1.12 bits per heavy atom. The van der Waals surface area contributed by atoms with Crippen molar-refractivity contribution in [2.24, 2.45) is 0 Å². The van der Waals surface area contributed by atoms with Crippen LogP contribution in [0.1, 0.15) is 16.8 Å². The van der Waals surface area contributed by atoms with Gasteiger partial charge in [0.05, 0.1) is 11.4 Å². The van der Waals surface area contributed by atoms with E-state index >= 15 is 0 Å². The minimum Gasteiger partial charge on any atom is -0.241 e. The maximum absolute atomic E-state index is 13.8. The number of sulfonamides is 1. The minimum atomic E-state index is -3.41. The van der Waals surface area contributed by atoms with Crippen LogP contribution in [0.2, 0.25) is 0 Å². The van der Waals surface area contributed by atoms with Gasteiger partial charge in [-0.25, -0.2) is 22.5 Å². The molecule has 3 aromatic rings. The molecule has 7 heteroatoms. The topological polar surface area (TPSA) is 59.1 Å². The first-order valence-electron chi connectivity index (χ1n) is 8.16. The first kappa shape index (κ1) is 18.7. The molecule has 2 aromatic carbocycles. The Balaban J connectivity index is 1.58. The molecule has 0 atom stereocenters. The second kappa shape index (κ2) is 8.07. The number of halogens is 1. The number of rotatable bonds is 7. The van der Waals surface area contributed by atoms with Crippen molar-refractivity contribution < 1.29 is 12.8 Å². The predicted octanol–water partition coefficient (Wildman–Crippen LogP) is 3.92. The van der Waals surface area contributed by atoms with Gasteiger partial charge in [-0.3, -0.25) is 0 Å². The zero-order valence-electron chi connectivity index (χ0n) is 14.3. The van der Waals surface area contributed by atoms with Crippen molar-refractivity contribution in [1.29, 1.82) is 0 Å². The highest BCUT2D eigenvalue weighted by molar-refractivity contribution is 7.88.